The molecule has 3 nitrogen and oxygen atoms in total. The maximum atomic E-state index is 5.18. The van der Waals surface area contributed by atoms with E-state index in [0.29, 0.717) is 0 Å². The van der Waals surface area contributed by atoms with E-state index in [2.05, 4.69) is 23.8 Å². The fraction of sp³-hybridized carbons (Fsp3) is 0.571. The predicted octanol–water partition coefficient (Wildman–Crippen LogP) is 7.12. The van der Waals surface area contributed by atoms with Crippen molar-refractivity contribution in [1.29, 1.82) is 0 Å². The van der Waals surface area contributed by atoms with Crippen LogP contribution in [0.1, 0.15) is 26.2 Å². The van der Waals surface area contributed by atoms with Gasteiger partial charge >= 0.3 is 62.1 Å². The SMILES string of the molecule is COc1ccc([N+]2=N[C@@]3(C)CCC[C@H]3C2)cc1.[Cl][Sb-]([Cl])([Cl])([Cl])([Cl])[Cl]. The van der Waals surface area contributed by atoms with Gasteiger partial charge < -0.3 is 4.74 Å². The van der Waals surface area contributed by atoms with Gasteiger partial charge in [0.05, 0.1) is 13.0 Å². The van der Waals surface area contributed by atoms with Gasteiger partial charge in [-0.15, -0.1) is 0 Å². The number of methoxy groups -OCH3 is 1. The zero-order valence-electron chi connectivity index (χ0n) is 13.2. The molecular weight excluding hydrogens is 547 g/mol. The monoisotopic (exact) mass is 562 g/mol. The second-order valence-electron chi connectivity index (χ2n) is 6.28. The van der Waals surface area contributed by atoms with E-state index in [9.17, 15) is 0 Å². The molecule has 1 aromatic rings. The normalized spacial score (nSPS) is 28.8. The van der Waals surface area contributed by atoms with E-state index in [1.165, 1.54) is 24.9 Å². The fourth-order valence-corrected chi connectivity index (χ4v) is 3.08. The Morgan fingerprint density at radius 2 is 1.67 bits per heavy atom. The molecule has 0 amide bonds. The van der Waals surface area contributed by atoms with Crippen LogP contribution >= 0.6 is 53.0 Å². The Balaban J connectivity index is 0.000000256. The Bertz CT molecular complexity index is 632. The molecule has 138 valence electrons. The Kier molecular flexibility index (Phi) is 5.96. The molecule has 1 aromatic carbocycles. The summed E-state index contributed by atoms with van der Waals surface area (Å²) >= 11 is 0. The average Bonchev–Trinajstić information content (AvgIpc) is 2.90. The summed E-state index contributed by atoms with van der Waals surface area (Å²) < 4.78 is 7.35. The number of ether oxygens (including phenoxy) is 1. The molecular formula is C14H19Cl6N2OSb. The topological polar surface area (TPSA) is 24.6 Å². The minimum absolute atomic E-state index is 0.194. The van der Waals surface area contributed by atoms with Crippen LogP contribution in [-0.2, 0) is 0 Å². The summed E-state index contributed by atoms with van der Waals surface area (Å²) in [5.74, 6) is 1.64. The summed E-state index contributed by atoms with van der Waals surface area (Å²) in [7, 11) is 26.7. The second-order valence-corrected chi connectivity index (χ2v) is 63.2. The van der Waals surface area contributed by atoms with E-state index < -0.39 is 9.14 Å². The van der Waals surface area contributed by atoms with Crippen molar-refractivity contribution >= 4 is 67.8 Å². The van der Waals surface area contributed by atoms with Gasteiger partial charge in [0.1, 0.15) is 11.3 Å². The number of rotatable bonds is 2. The molecule has 10 heteroatoms. The molecule has 0 spiro atoms. The van der Waals surface area contributed by atoms with Crippen molar-refractivity contribution in [3.8, 4) is 5.75 Å². The van der Waals surface area contributed by atoms with Gasteiger partial charge in [-0.05, 0) is 37.0 Å². The van der Waals surface area contributed by atoms with Gasteiger partial charge in [0.25, 0.3) is 0 Å². The Morgan fingerprint density at radius 1 is 1.12 bits per heavy atom. The summed E-state index contributed by atoms with van der Waals surface area (Å²) in [6.45, 7) is 3.37. The quantitative estimate of drug-likeness (QED) is 0.277. The number of hydrogen-bond donors (Lipinski definition) is 0. The molecule has 1 aliphatic carbocycles. The molecule has 0 saturated heterocycles. The molecule has 1 aliphatic heterocycles. The number of benzene rings is 1. The van der Waals surface area contributed by atoms with E-state index in [-0.39, 0.29) is 5.54 Å². The third-order valence-electron chi connectivity index (χ3n) is 4.23. The summed E-state index contributed by atoms with van der Waals surface area (Å²) in [6, 6.07) is 8.18. The Hall–Kier alpha value is 1.18. The van der Waals surface area contributed by atoms with E-state index >= 15 is 0 Å². The van der Waals surface area contributed by atoms with Gasteiger partial charge in [-0.2, -0.15) is 0 Å². The second kappa shape index (κ2) is 6.66. The van der Waals surface area contributed by atoms with E-state index in [1.54, 1.807) is 7.11 Å². The van der Waals surface area contributed by atoms with Crippen LogP contribution in [0.4, 0.5) is 5.69 Å². The third kappa shape index (κ3) is 7.43. The first-order chi connectivity index (χ1) is 10.7. The van der Waals surface area contributed by atoms with Crippen LogP contribution in [0.2, 0.25) is 0 Å². The molecule has 3 rings (SSSR count). The summed E-state index contributed by atoms with van der Waals surface area (Å²) in [6.07, 6.45) is 3.90. The minimum atomic E-state index is -5.42. The van der Waals surface area contributed by atoms with Crippen LogP contribution in [0, 0.1) is 5.92 Å². The van der Waals surface area contributed by atoms with Gasteiger partial charge in [0.15, 0.2) is 6.54 Å². The van der Waals surface area contributed by atoms with Crippen LogP contribution in [0.3, 0.4) is 0 Å². The maximum absolute atomic E-state index is 5.42. The molecule has 0 radical (unpaired) electrons. The van der Waals surface area contributed by atoms with Crippen LogP contribution in [0.5, 0.6) is 5.75 Å². The molecule has 1 saturated carbocycles. The zero-order chi connectivity index (χ0) is 18.3. The van der Waals surface area contributed by atoms with E-state index in [0.717, 1.165) is 18.2 Å². The molecule has 1 fully saturated rings. The first-order valence-electron chi connectivity index (χ1n) is 7.37. The van der Waals surface area contributed by atoms with Crippen LogP contribution < -0.4 is 4.74 Å². The van der Waals surface area contributed by atoms with Crippen LogP contribution in [-0.4, -0.2) is 33.0 Å². The molecule has 0 N–H and O–H groups in total. The number of azo groups is 2. The Morgan fingerprint density at radius 3 is 2.12 bits per heavy atom. The van der Waals surface area contributed by atoms with E-state index in [4.69, 9.17) is 62.8 Å². The van der Waals surface area contributed by atoms with Crippen molar-refractivity contribution in [1.82, 2.24) is 0 Å². The first-order valence-corrected chi connectivity index (χ1v) is 26.8. The van der Waals surface area contributed by atoms with Crippen LogP contribution in [0.25, 0.3) is 0 Å². The summed E-state index contributed by atoms with van der Waals surface area (Å²) in [4.78, 5) is 0. The average molecular weight is 566 g/mol. The van der Waals surface area contributed by atoms with Crippen molar-refractivity contribution < 1.29 is 9.43 Å². The first kappa shape index (κ1) is 21.5. The zero-order valence-corrected chi connectivity index (χ0v) is 20.3. The van der Waals surface area contributed by atoms with Crippen molar-refractivity contribution in [2.75, 3.05) is 13.7 Å². The number of nitrogens with zero attached hydrogens (tertiary/aromatic N) is 2. The molecule has 0 unspecified atom stereocenters. The number of fused-ring (bicyclic) bond motifs is 1. The molecule has 0 bridgehead atoms. The van der Waals surface area contributed by atoms with Crippen molar-refractivity contribution in [2.24, 2.45) is 11.0 Å². The van der Waals surface area contributed by atoms with Crippen molar-refractivity contribution in [3.05, 3.63) is 24.3 Å². The summed E-state index contributed by atoms with van der Waals surface area (Å²) in [5.41, 5.74) is 1.38. The Labute approximate surface area is 162 Å². The number of halogens is 6. The van der Waals surface area contributed by atoms with E-state index in [1.807, 2.05) is 12.1 Å². The van der Waals surface area contributed by atoms with Gasteiger partial charge in [-0.1, -0.05) is 11.1 Å². The standard InChI is InChI=1S/C14H19N2O.6ClH.Sb/c1-14-9-3-4-11(14)10-16(15-14)12-5-7-13(17-2)8-6-12;;;;;;;/h5-8,11H,3-4,9-10H2,1-2H3;6*1H;/q+1;;;;;;;+5/p-6/t11-,14-;;;;;;;/m0......./s1. The van der Waals surface area contributed by atoms with Crippen LogP contribution in [0.15, 0.2) is 29.4 Å². The summed E-state index contributed by atoms with van der Waals surface area (Å²) in [5, 5.41) is 4.90. The molecule has 1 heterocycles. The molecule has 2 aliphatic rings. The van der Waals surface area contributed by atoms with Gasteiger partial charge in [0.2, 0.25) is 5.69 Å². The van der Waals surface area contributed by atoms with Gasteiger partial charge in [-0.3, -0.25) is 0 Å². The molecule has 0 aromatic heterocycles. The van der Waals surface area contributed by atoms with Crippen molar-refractivity contribution in [2.45, 2.75) is 31.7 Å². The van der Waals surface area contributed by atoms with Gasteiger partial charge in [0, 0.05) is 12.1 Å². The van der Waals surface area contributed by atoms with Gasteiger partial charge in [-0.25, -0.2) is 0 Å². The fourth-order valence-electron chi connectivity index (χ4n) is 3.08. The molecule has 2 atom stereocenters. The third-order valence-corrected chi connectivity index (χ3v) is 4.23. The number of hydrogen-bond acceptors (Lipinski definition) is 2. The van der Waals surface area contributed by atoms with Crippen molar-refractivity contribution in [3.63, 3.8) is 0 Å². The molecule has 24 heavy (non-hydrogen) atoms. The predicted molar refractivity (Wildman–Crippen MR) is 107 cm³/mol.